The summed E-state index contributed by atoms with van der Waals surface area (Å²) in [5, 5.41) is 3.51. The minimum absolute atomic E-state index is 0.290. The smallest absolute Gasteiger partial charge is 0.120 e. The number of hydrogen-bond acceptors (Lipinski definition) is 4. The molecule has 1 N–H and O–H groups in total. The first-order chi connectivity index (χ1) is 8.81. The molecule has 3 rings (SSSR count). The molecule has 1 aromatic heterocycles. The van der Waals surface area contributed by atoms with Crippen LogP contribution in [0.1, 0.15) is 31.6 Å². The normalized spacial score (nSPS) is 29.6. The van der Waals surface area contributed by atoms with Gasteiger partial charge in [0, 0.05) is 26.2 Å². The Morgan fingerprint density at radius 2 is 2.17 bits per heavy atom. The Morgan fingerprint density at radius 1 is 1.39 bits per heavy atom. The van der Waals surface area contributed by atoms with Gasteiger partial charge in [-0.1, -0.05) is 0 Å². The van der Waals surface area contributed by atoms with Gasteiger partial charge in [-0.3, -0.25) is 4.90 Å². The van der Waals surface area contributed by atoms with Gasteiger partial charge in [0.25, 0.3) is 0 Å². The number of likely N-dealkylation sites (tertiary alicyclic amines) is 1. The average Bonchev–Trinajstić information content (AvgIpc) is 2.99. The van der Waals surface area contributed by atoms with Crippen LogP contribution in [-0.4, -0.2) is 43.3 Å². The summed E-state index contributed by atoms with van der Waals surface area (Å²) >= 11 is 0. The number of ether oxygens (including phenoxy) is 1. The molecule has 3 atom stereocenters. The Morgan fingerprint density at radius 3 is 2.83 bits per heavy atom. The van der Waals surface area contributed by atoms with Gasteiger partial charge in [0.15, 0.2) is 0 Å². The highest BCUT2D eigenvalue weighted by Crippen LogP contribution is 2.25. The lowest BCUT2D eigenvalue weighted by atomic mass is 10.2. The molecule has 4 heteroatoms. The Hall–Kier alpha value is -0.840. The van der Waals surface area contributed by atoms with E-state index in [1.54, 1.807) is 6.26 Å². The van der Waals surface area contributed by atoms with Gasteiger partial charge in [0.05, 0.1) is 24.5 Å². The van der Waals surface area contributed by atoms with Crippen LogP contribution in [0.5, 0.6) is 0 Å². The minimum atomic E-state index is 0.290. The van der Waals surface area contributed by atoms with Crippen molar-refractivity contribution in [3.8, 4) is 0 Å². The lowest BCUT2D eigenvalue weighted by Crippen LogP contribution is -2.45. The number of nitrogens with one attached hydrogen (secondary N) is 1. The summed E-state index contributed by atoms with van der Waals surface area (Å²) in [5.74, 6) is 1.01. The molecule has 0 aromatic carbocycles. The van der Waals surface area contributed by atoms with E-state index in [-0.39, 0.29) is 6.04 Å². The van der Waals surface area contributed by atoms with E-state index in [1.165, 1.54) is 12.8 Å². The van der Waals surface area contributed by atoms with E-state index in [0.717, 1.165) is 31.9 Å². The van der Waals surface area contributed by atoms with Crippen molar-refractivity contribution in [1.82, 2.24) is 10.2 Å². The van der Waals surface area contributed by atoms with Gasteiger partial charge in [-0.2, -0.15) is 0 Å². The Bertz CT molecular complexity index is 354. The summed E-state index contributed by atoms with van der Waals surface area (Å²) in [7, 11) is 0. The average molecular weight is 250 g/mol. The summed E-state index contributed by atoms with van der Waals surface area (Å²) in [6, 6.07) is 4.25. The van der Waals surface area contributed by atoms with Crippen LogP contribution in [0.25, 0.3) is 0 Å². The largest absolute Gasteiger partial charge is 0.468 e. The highest BCUT2D eigenvalue weighted by Gasteiger charge is 2.33. The van der Waals surface area contributed by atoms with E-state index in [4.69, 9.17) is 9.15 Å². The minimum Gasteiger partial charge on any atom is -0.468 e. The zero-order valence-electron chi connectivity index (χ0n) is 11.0. The monoisotopic (exact) mass is 250 g/mol. The van der Waals surface area contributed by atoms with Crippen LogP contribution in [0.2, 0.25) is 0 Å². The third-order valence-corrected chi connectivity index (χ3v) is 3.97. The summed E-state index contributed by atoms with van der Waals surface area (Å²) in [4.78, 5) is 2.52. The summed E-state index contributed by atoms with van der Waals surface area (Å²) in [5.41, 5.74) is 0. The SMILES string of the molecule is CC(NCCN1CC2CCC(C1)O2)c1ccco1. The van der Waals surface area contributed by atoms with Gasteiger partial charge in [0.1, 0.15) is 5.76 Å². The second-order valence-corrected chi connectivity index (χ2v) is 5.41. The van der Waals surface area contributed by atoms with Crippen LogP contribution in [0, 0.1) is 0 Å². The van der Waals surface area contributed by atoms with Gasteiger partial charge >= 0.3 is 0 Å². The fourth-order valence-corrected chi connectivity index (χ4v) is 2.96. The molecule has 2 aliphatic rings. The standard InChI is InChI=1S/C14H22N2O2/c1-11(14-3-2-8-17-14)15-6-7-16-9-12-4-5-13(10-16)18-12/h2-3,8,11-13,15H,4-7,9-10H2,1H3. The van der Waals surface area contributed by atoms with Gasteiger partial charge in [-0.15, -0.1) is 0 Å². The van der Waals surface area contributed by atoms with Gasteiger partial charge in [-0.25, -0.2) is 0 Å². The summed E-state index contributed by atoms with van der Waals surface area (Å²) in [6.07, 6.45) is 5.21. The van der Waals surface area contributed by atoms with Crippen LogP contribution in [0.4, 0.5) is 0 Å². The van der Waals surface area contributed by atoms with Crippen molar-refractivity contribution in [3.05, 3.63) is 24.2 Å². The van der Waals surface area contributed by atoms with Crippen LogP contribution < -0.4 is 5.32 Å². The number of rotatable bonds is 5. The molecule has 3 unspecified atom stereocenters. The van der Waals surface area contributed by atoms with Crippen molar-refractivity contribution in [1.29, 1.82) is 0 Å². The summed E-state index contributed by atoms with van der Waals surface area (Å²) in [6.45, 7) is 6.45. The second kappa shape index (κ2) is 5.43. The van der Waals surface area contributed by atoms with Crippen molar-refractivity contribution in [2.45, 2.75) is 38.0 Å². The molecule has 2 fully saturated rings. The number of morpholine rings is 1. The molecule has 0 spiro atoms. The maximum atomic E-state index is 5.84. The maximum absolute atomic E-state index is 5.84. The number of furan rings is 1. The third-order valence-electron chi connectivity index (χ3n) is 3.97. The third kappa shape index (κ3) is 2.76. The van der Waals surface area contributed by atoms with Gasteiger partial charge in [0.2, 0.25) is 0 Å². The summed E-state index contributed by atoms with van der Waals surface area (Å²) < 4.78 is 11.2. The lowest BCUT2D eigenvalue weighted by Gasteiger charge is -2.32. The molecular weight excluding hydrogens is 228 g/mol. The molecule has 3 heterocycles. The van der Waals surface area contributed by atoms with E-state index in [2.05, 4.69) is 17.1 Å². The van der Waals surface area contributed by atoms with Gasteiger partial charge < -0.3 is 14.5 Å². The van der Waals surface area contributed by atoms with Crippen LogP contribution in [0.15, 0.2) is 22.8 Å². The van der Waals surface area contributed by atoms with Crippen LogP contribution in [0.3, 0.4) is 0 Å². The Balaban J connectivity index is 1.40. The Kier molecular flexibility index (Phi) is 3.68. The molecule has 4 nitrogen and oxygen atoms in total. The number of nitrogens with zero attached hydrogens (tertiary/aromatic N) is 1. The molecule has 0 saturated carbocycles. The highest BCUT2D eigenvalue weighted by molar-refractivity contribution is 5.02. The molecule has 2 aliphatic heterocycles. The molecule has 18 heavy (non-hydrogen) atoms. The van der Waals surface area contributed by atoms with Crippen molar-refractivity contribution in [2.75, 3.05) is 26.2 Å². The van der Waals surface area contributed by atoms with Crippen molar-refractivity contribution < 1.29 is 9.15 Å². The first-order valence-electron chi connectivity index (χ1n) is 6.96. The predicted octanol–water partition coefficient (Wildman–Crippen LogP) is 1.79. The molecule has 0 amide bonds. The van der Waals surface area contributed by atoms with E-state index < -0.39 is 0 Å². The molecule has 1 aromatic rings. The molecule has 0 radical (unpaired) electrons. The fraction of sp³-hybridized carbons (Fsp3) is 0.714. The first kappa shape index (κ1) is 12.2. The molecule has 0 aliphatic carbocycles. The molecular formula is C14H22N2O2. The zero-order chi connectivity index (χ0) is 12.4. The number of hydrogen-bond donors (Lipinski definition) is 1. The first-order valence-corrected chi connectivity index (χ1v) is 6.96. The van der Waals surface area contributed by atoms with Crippen molar-refractivity contribution in [3.63, 3.8) is 0 Å². The van der Waals surface area contributed by atoms with E-state index in [1.807, 2.05) is 12.1 Å². The Labute approximate surface area is 108 Å². The number of fused-ring (bicyclic) bond motifs is 2. The molecule has 2 bridgehead atoms. The predicted molar refractivity (Wildman–Crippen MR) is 69.5 cm³/mol. The fourth-order valence-electron chi connectivity index (χ4n) is 2.96. The van der Waals surface area contributed by atoms with Crippen LogP contribution in [-0.2, 0) is 4.74 Å². The van der Waals surface area contributed by atoms with E-state index in [0.29, 0.717) is 12.2 Å². The van der Waals surface area contributed by atoms with Crippen molar-refractivity contribution in [2.24, 2.45) is 0 Å². The van der Waals surface area contributed by atoms with Crippen molar-refractivity contribution >= 4 is 0 Å². The second-order valence-electron chi connectivity index (χ2n) is 5.41. The lowest BCUT2D eigenvalue weighted by molar-refractivity contribution is -0.0378. The molecule has 100 valence electrons. The molecule has 2 saturated heterocycles. The quantitative estimate of drug-likeness (QED) is 0.864. The zero-order valence-corrected chi connectivity index (χ0v) is 11.0. The topological polar surface area (TPSA) is 37.6 Å². The van der Waals surface area contributed by atoms with Gasteiger partial charge in [-0.05, 0) is 31.9 Å². The van der Waals surface area contributed by atoms with E-state index in [9.17, 15) is 0 Å². The van der Waals surface area contributed by atoms with Crippen LogP contribution >= 0.6 is 0 Å². The highest BCUT2D eigenvalue weighted by atomic mass is 16.5. The maximum Gasteiger partial charge on any atom is 0.120 e. The van der Waals surface area contributed by atoms with E-state index >= 15 is 0 Å².